The summed E-state index contributed by atoms with van der Waals surface area (Å²) in [6.45, 7) is 4.98. The predicted molar refractivity (Wildman–Crippen MR) is 74.7 cm³/mol. The molecule has 1 aromatic rings. The van der Waals surface area contributed by atoms with Crippen LogP contribution in [0.3, 0.4) is 0 Å². The highest BCUT2D eigenvalue weighted by atomic mass is 32.2. The fraction of sp³-hybridized carbons (Fsp3) is 0.462. The van der Waals surface area contributed by atoms with Crippen LogP contribution in [0, 0.1) is 13.8 Å². The Kier molecular flexibility index (Phi) is 4.94. The van der Waals surface area contributed by atoms with Crippen LogP contribution in [0.15, 0.2) is 18.2 Å². The van der Waals surface area contributed by atoms with E-state index < -0.39 is 16.0 Å². The Hall–Kier alpha value is -1.56. The lowest BCUT2D eigenvalue weighted by Crippen LogP contribution is -2.37. The fourth-order valence-electron chi connectivity index (χ4n) is 1.76. The van der Waals surface area contributed by atoms with E-state index in [0.29, 0.717) is 5.69 Å². The molecule has 0 N–H and O–H groups in total. The van der Waals surface area contributed by atoms with Crippen LogP contribution in [-0.2, 0) is 19.6 Å². The summed E-state index contributed by atoms with van der Waals surface area (Å²) < 4.78 is 29.9. The molecule has 0 spiro atoms. The van der Waals surface area contributed by atoms with E-state index in [0.717, 1.165) is 15.4 Å². The molecule has 0 saturated carbocycles. The minimum absolute atomic E-state index is 0.0721. The molecule has 0 aromatic heterocycles. The number of rotatable bonds is 5. The minimum atomic E-state index is -3.52. The molecule has 0 aliphatic carbocycles. The number of hydrogen-bond donors (Lipinski definition) is 0. The van der Waals surface area contributed by atoms with Gasteiger partial charge in [-0.1, -0.05) is 17.7 Å². The molecule has 19 heavy (non-hydrogen) atoms. The molecule has 0 unspecified atom stereocenters. The third-order valence-electron chi connectivity index (χ3n) is 2.82. The second-order valence-corrected chi connectivity index (χ2v) is 6.46. The van der Waals surface area contributed by atoms with Gasteiger partial charge in [0.15, 0.2) is 0 Å². The second-order valence-electron chi connectivity index (χ2n) is 4.27. The normalized spacial score (nSPS) is 11.2. The van der Waals surface area contributed by atoms with Crippen LogP contribution in [0.1, 0.15) is 18.1 Å². The molecular weight excluding hydrogens is 266 g/mol. The van der Waals surface area contributed by atoms with E-state index >= 15 is 0 Å². The van der Waals surface area contributed by atoms with Crippen LogP contribution >= 0.6 is 0 Å². The van der Waals surface area contributed by atoms with Gasteiger partial charge in [0.1, 0.15) is 6.54 Å². The molecule has 1 rings (SSSR count). The van der Waals surface area contributed by atoms with E-state index in [4.69, 9.17) is 0 Å². The van der Waals surface area contributed by atoms with Crippen molar-refractivity contribution in [2.75, 3.05) is 23.7 Å². The molecule has 0 fully saturated rings. The first-order valence-electron chi connectivity index (χ1n) is 5.96. The summed E-state index contributed by atoms with van der Waals surface area (Å²) >= 11 is 0. The molecule has 0 radical (unpaired) electrons. The number of carbonyl (C=O) groups is 1. The summed E-state index contributed by atoms with van der Waals surface area (Å²) in [4.78, 5) is 11.4. The Morgan fingerprint density at radius 3 is 2.42 bits per heavy atom. The molecule has 0 bridgehead atoms. The van der Waals surface area contributed by atoms with E-state index in [2.05, 4.69) is 4.74 Å². The first-order chi connectivity index (χ1) is 8.81. The van der Waals surface area contributed by atoms with Gasteiger partial charge in [-0.05, 0) is 32.4 Å². The third kappa shape index (κ3) is 3.70. The number of ether oxygens (including phenoxy) is 1. The quantitative estimate of drug-likeness (QED) is 0.771. The van der Waals surface area contributed by atoms with Gasteiger partial charge >= 0.3 is 5.97 Å². The van der Waals surface area contributed by atoms with Crippen LogP contribution in [-0.4, -0.2) is 33.8 Å². The lowest BCUT2D eigenvalue weighted by molar-refractivity contribution is -0.138. The van der Waals surface area contributed by atoms with Gasteiger partial charge in [-0.2, -0.15) is 0 Å². The number of benzene rings is 1. The molecule has 0 aliphatic rings. The van der Waals surface area contributed by atoms with Gasteiger partial charge in [0.2, 0.25) is 10.0 Å². The number of carbonyl (C=O) groups excluding carboxylic acids is 1. The molecule has 0 saturated heterocycles. The first-order valence-corrected chi connectivity index (χ1v) is 7.57. The number of hydrogen-bond acceptors (Lipinski definition) is 4. The van der Waals surface area contributed by atoms with Crippen molar-refractivity contribution in [3.05, 3.63) is 29.3 Å². The van der Waals surface area contributed by atoms with Gasteiger partial charge in [0.25, 0.3) is 0 Å². The number of nitrogens with zero attached hydrogens (tertiary/aromatic N) is 1. The number of methoxy groups -OCH3 is 1. The number of anilines is 1. The molecule has 5 nitrogen and oxygen atoms in total. The van der Waals surface area contributed by atoms with Crippen LogP contribution in [0.25, 0.3) is 0 Å². The fourth-order valence-corrected chi connectivity index (χ4v) is 2.87. The van der Waals surface area contributed by atoms with Crippen LogP contribution in [0.5, 0.6) is 0 Å². The van der Waals surface area contributed by atoms with Crippen molar-refractivity contribution >= 4 is 21.7 Å². The summed E-state index contributed by atoms with van der Waals surface area (Å²) in [5.74, 6) is -0.658. The second kappa shape index (κ2) is 6.06. The maximum absolute atomic E-state index is 12.1. The van der Waals surface area contributed by atoms with Crippen molar-refractivity contribution in [3.63, 3.8) is 0 Å². The van der Waals surface area contributed by atoms with Crippen molar-refractivity contribution in [1.29, 1.82) is 0 Å². The van der Waals surface area contributed by atoms with Crippen molar-refractivity contribution in [3.8, 4) is 0 Å². The summed E-state index contributed by atoms with van der Waals surface area (Å²) in [5, 5.41) is 0. The maximum atomic E-state index is 12.1. The van der Waals surface area contributed by atoms with E-state index in [-0.39, 0.29) is 12.3 Å². The standard InChI is InChI=1S/C13H19NO4S/c1-5-19(16,17)14(9-13(15)18-4)12-7-6-10(2)8-11(12)3/h6-8H,5,9H2,1-4H3. The minimum Gasteiger partial charge on any atom is -0.468 e. The zero-order chi connectivity index (χ0) is 14.6. The number of esters is 1. The summed E-state index contributed by atoms with van der Waals surface area (Å²) in [6, 6.07) is 5.41. The molecule has 0 atom stereocenters. The van der Waals surface area contributed by atoms with Gasteiger partial charge in [0.05, 0.1) is 18.6 Å². The average molecular weight is 285 g/mol. The summed E-state index contributed by atoms with van der Waals surface area (Å²) in [7, 11) is -2.28. The van der Waals surface area contributed by atoms with E-state index in [1.165, 1.54) is 7.11 Å². The van der Waals surface area contributed by atoms with Gasteiger partial charge < -0.3 is 4.74 Å². The Morgan fingerprint density at radius 2 is 1.95 bits per heavy atom. The first kappa shape index (κ1) is 15.5. The Bertz CT molecular complexity index is 566. The topological polar surface area (TPSA) is 63.7 Å². The summed E-state index contributed by atoms with van der Waals surface area (Å²) in [5.41, 5.74) is 2.35. The molecular formula is C13H19NO4S. The highest BCUT2D eigenvalue weighted by Gasteiger charge is 2.24. The molecule has 106 valence electrons. The van der Waals surface area contributed by atoms with Crippen molar-refractivity contribution in [2.24, 2.45) is 0 Å². The lowest BCUT2D eigenvalue weighted by Gasteiger charge is -2.24. The smallest absolute Gasteiger partial charge is 0.326 e. The van der Waals surface area contributed by atoms with Gasteiger partial charge in [-0.3, -0.25) is 9.10 Å². The van der Waals surface area contributed by atoms with Gasteiger partial charge in [0, 0.05) is 0 Å². The number of aryl methyl sites for hydroxylation is 2. The molecule has 0 amide bonds. The monoisotopic (exact) mass is 285 g/mol. The SMILES string of the molecule is CCS(=O)(=O)N(CC(=O)OC)c1ccc(C)cc1C. The Labute approximate surface area is 114 Å². The lowest BCUT2D eigenvalue weighted by atomic mass is 10.1. The molecule has 0 aliphatic heterocycles. The number of sulfonamides is 1. The van der Waals surface area contributed by atoms with Crippen LogP contribution in [0.4, 0.5) is 5.69 Å². The molecule has 0 heterocycles. The zero-order valence-electron chi connectivity index (χ0n) is 11.6. The molecule has 6 heteroatoms. The maximum Gasteiger partial charge on any atom is 0.326 e. The Morgan fingerprint density at radius 1 is 1.32 bits per heavy atom. The van der Waals surface area contributed by atoms with E-state index in [1.54, 1.807) is 13.0 Å². The Balaban J connectivity index is 3.27. The largest absolute Gasteiger partial charge is 0.468 e. The van der Waals surface area contributed by atoms with E-state index in [9.17, 15) is 13.2 Å². The van der Waals surface area contributed by atoms with Crippen molar-refractivity contribution < 1.29 is 17.9 Å². The van der Waals surface area contributed by atoms with Gasteiger partial charge in [-0.25, -0.2) is 8.42 Å². The highest BCUT2D eigenvalue weighted by molar-refractivity contribution is 7.92. The van der Waals surface area contributed by atoms with E-state index in [1.807, 2.05) is 26.0 Å². The van der Waals surface area contributed by atoms with Crippen molar-refractivity contribution in [2.45, 2.75) is 20.8 Å². The predicted octanol–water partition coefficient (Wildman–Crippen LogP) is 1.63. The summed E-state index contributed by atoms with van der Waals surface area (Å²) in [6.07, 6.45) is 0. The zero-order valence-corrected chi connectivity index (χ0v) is 12.5. The third-order valence-corrected chi connectivity index (χ3v) is 4.55. The molecule has 1 aromatic carbocycles. The van der Waals surface area contributed by atoms with Gasteiger partial charge in [-0.15, -0.1) is 0 Å². The highest BCUT2D eigenvalue weighted by Crippen LogP contribution is 2.24. The van der Waals surface area contributed by atoms with Crippen molar-refractivity contribution in [1.82, 2.24) is 0 Å². The average Bonchev–Trinajstić information content (AvgIpc) is 2.36. The van der Waals surface area contributed by atoms with Crippen LogP contribution < -0.4 is 4.31 Å². The van der Waals surface area contributed by atoms with Crippen LogP contribution in [0.2, 0.25) is 0 Å².